The van der Waals surface area contributed by atoms with Crippen molar-refractivity contribution < 1.29 is 0 Å². The summed E-state index contributed by atoms with van der Waals surface area (Å²) in [5.41, 5.74) is 1.28. The lowest BCUT2D eigenvalue weighted by Crippen LogP contribution is -1.84. The van der Waals surface area contributed by atoms with E-state index in [0.29, 0.717) is 5.02 Å². The third-order valence-corrected chi connectivity index (χ3v) is 4.70. The molecule has 0 amide bonds. The summed E-state index contributed by atoms with van der Waals surface area (Å²) in [6, 6.07) is 12.1. The molecule has 82 valence electrons. The number of benzene rings is 1. The highest BCUT2D eigenvalue weighted by atomic mass is 79.9. The van der Waals surface area contributed by atoms with Gasteiger partial charge in [-0.05, 0) is 27.6 Å². The van der Waals surface area contributed by atoms with Crippen LogP contribution < -0.4 is 0 Å². The van der Waals surface area contributed by atoms with Crippen molar-refractivity contribution in [2.45, 2.75) is 10.8 Å². The molecule has 2 rings (SSSR count). The Labute approximate surface area is 112 Å². The van der Waals surface area contributed by atoms with Gasteiger partial charge >= 0.3 is 0 Å². The topological polar surface area (TPSA) is 12.9 Å². The highest BCUT2D eigenvalue weighted by Crippen LogP contribution is 2.32. The molecule has 0 saturated heterocycles. The molecular weight excluding hydrogens is 306 g/mol. The first kappa shape index (κ1) is 12.0. The number of thioether (sulfide) groups is 1. The van der Waals surface area contributed by atoms with Gasteiger partial charge in [0.25, 0.3) is 0 Å². The zero-order chi connectivity index (χ0) is 11.4. The first-order chi connectivity index (χ1) is 7.77. The van der Waals surface area contributed by atoms with Gasteiger partial charge in [-0.1, -0.05) is 41.9 Å². The Morgan fingerprint density at radius 3 is 2.69 bits per heavy atom. The van der Waals surface area contributed by atoms with Crippen LogP contribution in [0.3, 0.4) is 0 Å². The van der Waals surface area contributed by atoms with Crippen LogP contribution in [0.25, 0.3) is 0 Å². The van der Waals surface area contributed by atoms with E-state index >= 15 is 0 Å². The Bertz CT molecular complexity index is 476. The summed E-state index contributed by atoms with van der Waals surface area (Å²) in [7, 11) is 0. The first-order valence-electron chi connectivity index (χ1n) is 4.74. The van der Waals surface area contributed by atoms with Gasteiger partial charge in [0.1, 0.15) is 5.03 Å². The highest BCUT2D eigenvalue weighted by molar-refractivity contribution is 9.10. The maximum absolute atomic E-state index is 6.00. The number of pyridine rings is 1. The molecular formula is C12H9BrClNS. The number of rotatable bonds is 3. The number of hydrogen-bond donors (Lipinski definition) is 0. The minimum absolute atomic E-state index is 0.700. The third kappa shape index (κ3) is 3.00. The van der Waals surface area contributed by atoms with E-state index in [0.717, 1.165) is 15.3 Å². The molecule has 0 N–H and O–H groups in total. The van der Waals surface area contributed by atoms with Crippen LogP contribution >= 0.6 is 39.3 Å². The Morgan fingerprint density at radius 1 is 1.19 bits per heavy atom. The van der Waals surface area contributed by atoms with Gasteiger partial charge in [-0.2, -0.15) is 0 Å². The van der Waals surface area contributed by atoms with Crippen molar-refractivity contribution in [2.75, 3.05) is 0 Å². The van der Waals surface area contributed by atoms with E-state index in [2.05, 4.69) is 33.0 Å². The molecule has 4 heteroatoms. The minimum Gasteiger partial charge on any atom is -0.249 e. The molecule has 0 radical (unpaired) electrons. The molecule has 0 aliphatic heterocycles. The van der Waals surface area contributed by atoms with Crippen molar-refractivity contribution in [1.82, 2.24) is 4.98 Å². The van der Waals surface area contributed by atoms with Crippen LogP contribution in [-0.4, -0.2) is 4.98 Å². The molecule has 1 aromatic carbocycles. The van der Waals surface area contributed by atoms with Crippen molar-refractivity contribution in [1.29, 1.82) is 0 Å². The summed E-state index contributed by atoms with van der Waals surface area (Å²) >= 11 is 11.1. The van der Waals surface area contributed by atoms with E-state index in [-0.39, 0.29) is 0 Å². The fourth-order valence-corrected chi connectivity index (χ4v) is 2.88. The number of nitrogens with zero attached hydrogens (tertiary/aromatic N) is 1. The van der Waals surface area contributed by atoms with E-state index in [1.165, 1.54) is 5.56 Å². The van der Waals surface area contributed by atoms with E-state index in [1.807, 2.05) is 18.2 Å². The second-order valence-electron chi connectivity index (χ2n) is 3.19. The van der Waals surface area contributed by atoms with Crippen LogP contribution in [-0.2, 0) is 5.75 Å². The van der Waals surface area contributed by atoms with Crippen LogP contribution in [0.2, 0.25) is 5.02 Å². The van der Waals surface area contributed by atoms with Gasteiger partial charge in [0, 0.05) is 11.9 Å². The molecule has 0 atom stereocenters. The predicted molar refractivity (Wildman–Crippen MR) is 73.0 cm³/mol. The summed E-state index contributed by atoms with van der Waals surface area (Å²) in [5, 5.41) is 1.63. The van der Waals surface area contributed by atoms with Gasteiger partial charge < -0.3 is 0 Å². The molecule has 16 heavy (non-hydrogen) atoms. The summed E-state index contributed by atoms with van der Waals surface area (Å²) in [6.45, 7) is 0. The van der Waals surface area contributed by atoms with Crippen molar-refractivity contribution in [3.63, 3.8) is 0 Å². The molecule has 2 aromatic rings. The Hall–Kier alpha value is -0.510. The molecule has 0 aliphatic carbocycles. The average molecular weight is 315 g/mol. The van der Waals surface area contributed by atoms with Gasteiger partial charge in [0.15, 0.2) is 0 Å². The summed E-state index contributed by atoms with van der Waals surface area (Å²) in [4.78, 5) is 4.29. The monoisotopic (exact) mass is 313 g/mol. The molecule has 1 aromatic heterocycles. The number of hydrogen-bond acceptors (Lipinski definition) is 2. The Morgan fingerprint density at radius 2 is 1.94 bits per heavy atom. The van der Waals surface area contributed by atoms with E-state index in [1.54, 1.807) is 24.0 Å². The predicted octanol–water partition coefficient (Wildman–Crippen LogP) is 4.79. The Balaban J connectivity index is 2.08. The summed E-state index contributed by atoms with van der Waals surface area (Å²) in [6.07, 6.45) is 1.72. The van der Waals surface area contributed by atoms with Crippen LogP contribution in [0.15, 0.2) is 52.1 Å². The van der Waals surface area contributed by atoms with Crippen molar-refractivity contribution >= 4 is 39.3 Å². The van der Waals surface area contributed by atoms with Crippen LogP contribution in [0, 0.1) is 0 Å². The van der Waals surface area contributed by atoms with Crippen molar-refractivity contribution in [3.05, 3.63) is 57.7 Å². The van der Waals surface area contributed by atoms with Gasteiger partial charge in [-0.3, -0.25) is 0 Å². The lowest BCUT2D eigenvalue weighted by Gasteiger charge is -2.04. The Kier molecular flexibility index (Phi) is 4.27. The smallest absolute Gasteiger partial charge is 0.112 e. The number of halogens is 2. The maximum atomic E-state index is 6.00. The quantitative estimate of drug-likeness (QED) is 0.756. The lowest BCUT2D eigenvalue weighted by atomic mass is 10.2. The van der Waals surface area contributed by atoms with E-state index in [9.17, 15) is 0 Å². The molecule has 0 saturated carbocycles. The molecule has 0 aliphatic rings. The number of aromatic nitrogens is 1. The zero-order valence-corrected chi connectivity index (χ0v) is 11.5. The first-order valence-corrected chi connectivity index (χ1v) is 6.90. The maximum Gasteiger partial charge on any atom is 0.112 e. The standard InChI is InChI=1S/C12H9BrClNS/c13-11-10(14)6-7-15-12(11)16-8-9-4-2-1-3-5-9/h1-7H,8H2. The summed E-state index contributed by atoms with van der Waals surface area (Å²) < 4.78 is 0.873. The second kappa shape index (κ2) is 5.71. The highest BCUT2D eigenvalue weighted by Gasteiger charge is 2.05. The van der Waals surface area contributed by atoms with Gasteiger partial charge in [-0.15, -0.1) is 11.8 Å². The van der Waals surface area contributed by atoms with E-state index < -0.39 is 0 Å². The SMILES string of the molecule is Clc1ccnc(SCc2ccccc2)c1Br. The fourth-order valence-electron chi connectivity index (χ4n) is 1.23. The molecule has 1 nitrogen and oxygen atoms in total. The zero-order valence-electron chi connectivity index (χ0n) is 8.36. The molecule has 0 unspecified atom stereocenters. The fraction of sp³-hybridized carbons (Fsp3) is 0.0833. The van der Waals surface area contributed by atoms with Crippen LogP contribution in [0.1, 0.15) is 5.56 Å². The summed E-state index contributed by atoms with van der Waals surface area (Å²) in [5.74, 6) is 0.896. The largest absolute Gasteiger partial charge is 0.249 e. The van der Waals surface area contributed by atoms with Gasteiger partial charge in [-0.25, -0.2) is 4.98 Å². The van der Waals surface area contributed by atoms with Crippen molar-refractivity contribution in [2.24, 2.45) is 0 Å². The molecule has 1 heterocycles. The molecule has 0 spiro atoms. The van der Waals surface area contributed by atoms with E-state index in [4.69, 9.17) is 11.6 Å². The average Bonchev–Trinajstić information content (AvgIpc) is 2.32. The van der Waals surface area contributed by atoms with Gasteiger partial charge in [0.2, 0.25) is 0 Å². The van der Waals surface area contributed by atoms with Crippen molar-refractivity contribution in [3.8, 4) is 0 Å². The normalized spacial score (nSPS) is 10.4. The molecule has 0 fully saturated rings. The van der Waals surface area contributed by atoms with Crippen LogP contribution in [0.5, 0.6) is 0 Å². The third-order valence-electron chi connectivity index (χ3n) is 2.03. The van der Waals surface area contributed by atoms with Crippen LogP contribution in [0.4, 0.5) is 0 Å². The van der Waals surface area contributed by atoms with Gasteiger partial charge in [0.05, 0.1) is 9.50 Å². The lowest BCUT2D eigenvalue weighted by molar-refractivity contribution is 1.11. The second-order valence-corrected chi connectivity index (χ2v) is 5.35. The molecule has 0 bridgehead atoms. The minimum atomic E-state index is 0.700.